The number of rotatable bonds is 2. The Bertz CT molecular complexity index is 495. The number of aryl methyl sites for hydroxylation is 1. The molecule has 1 aromatic carbocycles. The van der Waals surface area contributed by atoms with Crippen molar-refractivity contribution in [2.75, 3.05) is 7.11 Å². The molecule has 0 spiro atoms. The molecular weight excluding hydrogens is 214 g/mol. The molecule has 0 radical (unpaired) electrons. The van der Waals surface area contributed by atoms with Gasteiger partial charge in [0.15, 0.2) is 0 Å². The van der Waals surface area contributed by atoms with Crippen molar-refractivity contribution in [3.63, 3.8) is 0 Å². The molecule has 0 aliphatic rings. The molecule has 2 rings (SSSR count). The van der Waals surface area contributed by atoms with Gasteiger partial charge in [-0.25, -0.2) is 0 Å². The molecule has 3 heteroatoms. The van der Waals surface area contributed by atoms with Gasteiger partial charge in [-0.15, -0.1) is 0 Å². The van der Waals surface area contributed by atoms with Crippen LogP contribution in [0.5, 0.6) is 0 Å². The first-order valence-electron chi connectivity index (χ1n) is 5.36. The highest BCUT2D eigenvalue weighted by Crippen LogP contribution is 2.24. The first-order valence-corrected chi connectivity index (χ1v) is 5.36. The van der Waals surface area contributed by atoms with E-state index in [2.05, 4.69) is 13.0 Å². The van der Waals surface area contributed by atoms with Gasteiger partial charge in [-0.3, -0.25) is 0 Å². The average molecular weight is 229 g/mol. The standard InChI is InChI=1S/C13H11NO.CH4O/c1-2-10-5-6-12(11(8-10)9-14)13-4-3-7-15-13;1-2/h3-8H,2H2,1H3;2H,1H3. The maximum atomic E-state index is 9.05. The van der Waals surface area contributed by atoms with Crippen LogP contribution in [0.25, 0.3) is 11.3 Å². The predicted octanol–water partition coefficient (Wildman–Crippen LogP) is 2.99. The summed E-state index contributed by atoms with van der Waals surface area (Å²) in [6, 6.07) is 11.8. The summed E-state index contributed by atoms with van der Waals surface area (Å²) in [6.07, 6.45) is 2.55. The van der Waals surface area contributed by atoms with Crippen molar-refractivity contribution < 1.29 is 9.52 Å². The lowest BCUT2D eigenvalue weighted by atomic mass is 10.0. The summed E-state index contributed by atoms with van der Waals surface area (Å²) in [5.74, 6) is 0.745. The molecule has 3 nitrogen and oxygen atoms in total. The third kappa shape index (κ3) is 2.96. The quantitative estimate of drug-likeness (QED) is 0.861. The zero-order valence-corrected chi connectivity index (χ0v) is 9.97. The van der Waals surface area contributed by atoms with Gasteiger partial charge in [0.2, 0.25) is 0 Å². The molecule has 0 saturated heterocycles. The van der Waals surface area contributed by atoms with E-state index in [1.165, 1.54) is 5.56 Å². The lowest BCUT2D eigenvalue weighted by Crippen LogP contribution is -1.86. The van der Waals surface area contributed by atoms with E-state index in [4.69, 9.17) is 14.8 Å². The first kappa shape index (κ1) is 13.0. The SMILES string of the molecule is CCc1ccc(-c2ccco2)c(C#N)c1.CO. The number of hydrogen-bond acceptors (Lipinski definition) is 3. The summed E-state index contributed by atoms with van der Waals surface area (Å²) in [5.41, 5.74) is 2.70. The number of benzene rings is 1. The smallest absolute Gasteiger partial charge is 0.135 e. The van der Waals surface area contributed by atoms with Crippen molar-refractivity contribution in [1.29, 1.82) is 5.26 Å². The summed E-state index contributed by atoms with van der Waals surface area (Å²) < 4.78 is 5.28. The van der Waals surface area contributed by atoms with Crippen molar-refractivity contribution in [1.82, 2.24) is 0 Å². The van der Waals surface area contributed by atoms with E-state index in [1.807, 2.05) is 30.3 Å². The Kier molecular flexibility index (Phi) is 4.99. The topological polar surface area (TPSA) is 57.2 Å². The Morgan fingerprint density at radius 3 is 2.59 bits per heavy atom. The van der Waals surface area contributed by atoms with E-state index < -0.39 is 0 Å². The van der Waals surface area contributed by atoms with E-state index in [-0.39, 0.29) is 0 Å². The Labute approximate surface area is 101 Å². The van der Waals surface area contributed by atoms with Crippen LogP contribution in [-0.4, -0.2) is 12.2 Å². The van der Waals surface area contributed by atoms with Crippen LogP contribution < -0.4 is 0 Å². The third-order valence-corrected chi connectivity index (χ3v) is 2.40. The minimum absolute atomic E-state index is 0.671. The first-order chi connectivity index (χ1) is 8.35. The molecule has 0 unspecified atom stereocenters. The summed E-state index contributed by atoms with van der Waals surface area (Å²) >= 11 is 0. The lowest BCUT2D eigenvalue weighted by molar-refractivity contribution is 0.399. The zero-order valence-electron chi connectivity index (χ0n) is 9.97. The Balaban J connectivity index is 0.000000686. The van der Waals surface area contributed by atoms with Gasteiger partial charge in [0.05, 0.1) is 17.9 Å². The molecule has 1 N–H and O–H groups in total. The molecule has 1 aromatic heterocycles. The number of aliphatic hydroxyl groups excluding tert-OH is 1. The van der Waals surface area contributed by atoms with Gasteiger partial charge in [-0.05, 0) is 36.2 Å². The van der Waals surface area contributed by atoms with Crippen LogP contribution in [-0.2, 0) is 6.42 Å². The van der Waals surface area contributed by atoms with Crippen LogP contribution in [0.3, 0.4) is 0 Å². The predicted molar refractivity (Wildman–Crippen MR) is 66.4 cm³/mol. The highest BCUT2D eigenvalue weighted by atomic mass is 16.3. The van der Waals surface area contributed by atoms with E-state index in [1.54, 1.807) is 6.26 Å². The molecule has 0 fully saturated rings. The molecule has 17 heavy (non-hydrogen) atoms. The largest absolute Gasteiger partial charge is 0.464 e. The van der Waals surface area contributed by atoms with E-state index in [0.717, 1.165) is 24.9 Å². The summed E-state index contributed by atoms with van der Waals surface area (Å²) in [4.78, 5) is 0. The number of aliphatic hydroxyl groups is 1. The number of nitriles is 1. The van der Waals surface area contributed by atoms with Gasteiger partial charge in [0, 0.05) is 12.7 Å². The maximum absolute atomic E-state index is 9.05. The van der Waals surface area contributed by atoms with Crippen LogP contribution in [0.15, 0.2) is 41.0 Å². The summed E-state index contributed by atoms with van der Waals surface area (Å²) in [5, 5.41) is 16.0. The van der Waals surface area contributed by atoms with Crippen LogP contribution in [0, 0.1) is 11.3 Å². The fourth-order valence-electron chi connectivity index (χ4n) is 1.55. The molecule has 0 aliphatic heterocycles. The number of furan rings is 1. The van der Waals surface area contributed by atoms with Crippen molar-refractivity contribution in [3.8, 4) is 17.4 Å². The second-order valence-corrected chi connectivity index (χ2v) is 3.32. The minimum Gasteiger partial charge on any atom is -0.464 e. The Morgan fingerprint density at radius 2 is 2.06 bits per heavy atom. The molecular formula is C14H15NO2. The monoisotopic (exact) mass is 229 g/mol. The zero-order chi connectivity index (χ0) is 12.7. The molecule has 0 aliphatic carbocycles. The normalized spacial score (nSPS) is 9.06. The van der Waals surface area contributed by atoms with Crippen molar-refractivity contribution in [3.05, 3.63) is 47.7 Å². The van der Waals surface area contributed by atoms with Gasteiger partial charge in [0.1, 0.15) is 5.76 Å². The fraction of sp³-hybridized carbons (Fsp3) is 0.214. The van der Waals surface area contributed by atoms with Gasteiger partial charge < -0.3 is 9.52 Å². The van der Waals surface area contributed by atoms with Crippen LogP contribution in [0.2, 0.25) is 0 Å². The van der Waals surface area contributed by atoms with E-state index in [0.29, 0.717) is 5.56 Å². The molecule has 88 valence electrons. The fourth-order valence-corrected chi connectivity index (χ4v) is 1.55. The average Bonchev–Trinajstić information content (AvgIpc) is 2.94. The Hall–Kier alpha value is -2.05. The molecule has 0 amide bonds. The maximum Gasteiger partial charge on any atom is 0.135 e. The molecule has 0 saturated carbocycles. The van der Waals surface area contributed by atoms with Crippen LogP contribution in [0.1, 0.15) is 18.1 Å². The van der Waals surface area contributed by atoms with Crippen molar-refractivity contribution in [2.45, 2.75) is 13.3 Å². The van der Waals surface area contributed by atoms with Crippen LogP contribution in [0.4, 0.5) is 0 Å². The van der Waals surface area contributed by atoms with Gasteiger partial charge >= 0.3 is 0 Å². The highest BCUT2D eigenvalue weighted by Gasteiger charge is 2.07. The number of hydrogen-bond donors (Lipinski definition) is 1. The Morgan fingerprint density at radius 1 is 1.29 bits per heavy atom. The highest BCUT2D eigenvalue weighted by molar-refractivity contribution is 5.66. The van der Waals surface area contributed by atoms with Crippen molar-refractivity contribution in [2.24, 2.45) is 0 Å². The summed E-state index contributed by atoms with van der Waals surface area (Å²) in [7, 11) is 1.00. The van der Waals surface area contributed by atoms with Crippen LogP contribution >= 0.6 is 0 Å². The van der Waals surface area contributed by atoms with E-state index >= 15 is 0 Å². The second-order valence-electron chi connectivity index (χ2n) is 3.32. The van der Waals surface area contributed by atoms with Gasteiger partial charge in [-0.2, -0.15) is 5.26 Å². The summed E-state index contributed by atoms with van der Waals surface area (Å²) in [6.45, 7) is 2.07. The van der Waals surface area contributed by atoms with E-state index in [9.17, 15) is 0 Å². The van der Waals surface area contributed by atoms with Crippen molar-refractivity contribution >= 4 is 0 Å². The molecule has 0 atom stereocenters. The minimum atomic E-state index is 0.671. The molecule has 0 bridgehead atoms. The van der Waals surface area contributed by atoms with Gasteiger partial charge in [0.25, 0.3) is 0 Å². The third-order valence-electron chi connectivity index (χ3n) is 2.40. The molecule has 2 aromatic rings. The van der Waals surface area contributed by atoms with Gasteiger partial charge in [-0.1, -0.05) is 13.0 Å². The lowest BCUT2D eigenvalue weighted by Gasteiger charge is -2.02. The second kappa shape index (κ2) is 6.51. The molecule has 1 heterocycles. The number of nitrogens with zero attached hydrogens (tertiary/aromatic N) is 1.